The Bertz CT molecular complexity index is 1200. The first-order chi connectivity index (χ1) is 15.4. The van der Waals surface area contributed by atoms with Gasteiger partial charge in [0, 0.05) is 50.2 Å². The summed E-state index contributed by atoms with van der Waals surface area (Å²) in [5, 5.41) is 11.5. The molecule has 4 heterocycles. The van der Waals surface area contributed by atoms with Crippen molar-refractivity contribution in [2.24, 2.45) is 5.92 Å². The van der Waals surface area contributed by atoms with Crippen LogP contribution in [0.2, 0.25) is 0 Å². The summed E-state index contributed by atoms with van der Waals surface area (Å²) in [5.74, 6) is 1.20. The second kappa shape index (κ2) is 7.89. The number of aromatic nitrogens is 4. The van der Waals surface area contributed by atoms with Crippen molar-refractivity contribution in [2.45, 2.75) is 39.7 Å². The van der Waals surface area contributed by atoms with Crippen LogP contribution in [0, 0.1) is 26.7 Å². The molecular formula is C23H27N7O2. The number of anilines is 2. The topological polar surface area (TPSA) is 95.7 Å². The summed E-state index contributed by atoms with van der Waals surface area (Å²) in [4.78, 5) is 33.9. The van der Waals surface area contributed by atoms with Gasteiger partial charge in [0.15, 0.2) is 5.82 Å². The average molecular weight is 434 g/mol. The van der Waals surface area contributed by atoms with Crippen molar-refractivity contribution in [3.05, 3.63) is 47.5 Å². The lowest BCUT2D eigenvalue weighted by atomic mass is 10.1. The average Bonchev–Trinajstić information content (AvgIpc) is 3.49. The van der Waals surface area contributed by atoms with Crippen LogP contribution in [-0.4, -0.2) is 57.1 Å². The fraction of sp³-hybridized carbons (Fsp3) is 0.435. The van der Waals surface area contributed by atoms with Gasteiger partial charge in [-0.2, -0.15) is 0 Å². The highest BCUT2D eigenvalue weighted by Crippen LogP contribution is 2.28. The molecule has 2 aliphatic heterocycles. The molecule has 2 aromatic heterocycles. The van der Waals surface area contributed by atoms with Crippen LogP contribution in [-0.2, 0) is 9.59 Å². The molecule has 1 aromatic carbocycles. The predicted molar refractivity (Wildman–Crippen MR) is 121 cm³/mol. The molecular weight excluding hydrogens is 406 g/mol. The molecule has 2 saturated heterocycles. The van der Waals surface area contributed by atoms with Crippen LogP contribution in [0.15, 0.2) is 30.6 Å². The van der Waals surface area contributed by atoms with Gasteiger partial charge in [-0.25, -0.2) is 4.98 Å². The van der Waals surface area contributed by atoms with E-state index in [4.69, 9.17) is 0 Å². The molecule has 2 unspecified atom stereocenters. The van der Waals surface area contributed by atoms with Gasteiger partial charge < -0.3 is 15.1 Å². The number of rotatable bonds is 4. The van der Waals surface area contributed by atoms with Gasteiger partial charge in [0.2, 0.25) is 17.5 Å². The second-order valence-electron chi connectivity index (χ2n) is 8.81. The third kappa shape index (κ3) is 3.57. The van der Waals surface area contributed by atoms with Gasteiger partial charge in [-0.15, -0.1) is 10.2 Å². The Kier molecular flexibility index (Phi) is 5.03. The van der Waals surface area contributed by atoms with Crippen molar-refractivity contribution in [3.8, 4) is 0 Å². The maximum absolute atomic E-state index is 13.0. The number of hydrogen-bond acceptors (Lipinski definition) is 6. The summed E-state index contributed by atoms with van der Waals surface area (Å²) < 4.78 is 1.92. The van der Waals surface area contributed by atoms with E-state index in [1.54, 1.807) is 11.1 Å². The zero-order chi connectivity index (χ0) is 22.4. The minimum atomic E-state index is -0.334. The number of carbonyl (C=O) groups is 2. The lowest BCUT2D eigenvalue weighted by Gasteiger charge is -2.20. The third-order valence-corrected chi connectivity index (χ3v) is 6.61. The molecule has 5 rings (SSSR count). The highest BCUT2D eigenvalue weighted by atomic mass is 16.2. The summed E-state index contributed by atoms with van der Waals surface area (Å²) in [6.07, 6.45) is 4.66. The molecule has 9 nitrogen and oxygen atoms in total. The normalized spacial score (nSPS) is 21.0. The van der Waals surface area contributed by atoms with Crippen molar-refractivity contribution in [2.75, 3.05) is 29.4 Å². The lowest BCUT2D eigenvalue weighted by molar-refractivity contribution is -0.126. The first kappa shape index (κ1) is 20.4. The number of amides is 2. The molecule has 2 fully saturated rings. The molecule has 0 radical (unpaired) electrons. The number of aryl methyl sites for hydroxylation is 3. The number of nitrogens with zero attached hydrogens (tertiary/aromatic N) is 6. The Morgan fingerprint density at radius 2 is 1.97 bits per heavy atom. The Morgan fingerprint density at radius 1 is 1.12 bits per heavy atom. The Morgan fingerprint density at radius 3 is 2.78 bits per heavy atom. The molecule has 2 aliphatic rings. The fourth-order valence-corrected chi connectivity index (χ4v) is 4.57. The van der Waals surface area contributed by atoms with E-state index in [1.165, 1.54) is 5.56 Å². The number of carbonyl (C=O) groups excluding carboxylic acids is 2. The van der Waals surface area contributed by atoms with E-state index in [-0.39, 0.29) is 30.2 Å². The van der Waals surface area contributed by atoms with Crippen LogP contribution in [0.1, 0.15) is 29.8 Å². The van der Waals surface area contributed by atoms with Crippen molar-refractivity contribution >= 4 is 29.0 Å². The van der Waals surface area contributed by atoms with E-state index in [2.05, 4.69) is 25.4 Å². The maximum Gasteiger partial charge on any atom is 0.227 e. The van der Waals surface area contributed by atoms with Gasteiger partial charge >= 0.3 is 0 Å². The van der Waals surface area contributed by atoms with Gasteiger partial charge in [0.05, 0.1) is 5.92 Å². The summed E-state index contributed by atoms with van der Waals surface area (Å²) >= 11 is 0. The molecule has 3 aromatic rings. The Labute approximate surface area is 186 Å². The highest BCUT2D eigenvalue weighted by Gasteiger charge is 2.37. The van der Waals surface area contributed by atoms with Crippen molar-refractivity contribution < 1.29 is 9.59 Å². The molecule has 0 aliphatic carbocycles. The summed E-state index contributed by atoms with van der Waals surface area (Å²) in [6, 6.07) is 6.00. The molecule has 2 atom stereocenters. The zero-order valence-electron chi connectivity index (χ0n) is 18.6. The number of benzene rings is 1. The van der Waals surface area contributed by atoms with Gasteiger partial charge in [-0.1, -0.05) is 6.07 Å². The van der Waals surface area contributed by atoms with E-state index in [1.807, 2.05) is 49.6 Å². The van der Waals surface area contributed by atoms with E-state index in [9.17, 15) is 9.59 Å². The quantitative estimate of drug-likeness (QED) is 0.674. The van der Waals surface area contributed by atoms with Gasteiger partial charge in [0.1, 0.15) is 5.82 Å². The molecule has 9 heteroatoms. The van der Waals surface area contributed by atoms with Gasteiger partial charge in [-0.05, 0) is 50.5 Å². The smallest absolute Gasteiger partial charge is 0.227 e. The standard InChI is InChI=1S/C23H27N7O2/c1-14-4-5-19(10-15(14)2)30-12-17(11-20(30)31)23(32)25-18-6-8-28(13-18)21-22-27-26-16(3)29(22)9-7-24-21/h4-5,7,9-10,17-18H,6,8,11-13H2,1-3H3,(H,25,32). The van der Waals surface area contributed by atoms with Crippen LogP contribution < -0.4 is 15.1 Å². The molecule has 0 bridgehead atoms. The zero-order valence-corrected chi connectivity index (χ0v) is 18.6. The van der Waals surface area contributed by atoms with E-state index in [0.717, 1.165) is 41.5 Å². The number of fused-ring (bicyclic) bond motifs is 1. The molecule has 0 saturated carbocycles. The predicted octanol–water partition coefficient (Wildman–Crippen LogP) is 1.80. The summed E-state index contributed by atoms with van der Waals surface area (Å²) in [6.45, 7) is 7.84. The first-order valence-electron chi connectivity index (χ1n) is 11.0. The monoisotopic (exact) mass is 433 g/mol. The van der Waals surface area contributed by atoms with E-state index in [0.29, 0.717) is 13.1 Å². The van der Waals surface area contributed by atoms with E-state index >= 15 is 0 Å². The molecule has 166 valence electrons. The minimum Gasteiger partial charge on any atom is -0.351 e. The SMILES string of the molecule is Cc1ccc(N2CC(C(=O)NC3CCN(c4nccn5c(C)nnc45)C3)CC2=O)cc1C. The largest absolute Gasteiger partial charge is 0.351 e. The van der Waals surface area contributed by atoms with Crippen molar-refractivity contribution in [1.82, 2.24) is 24.9 Å². The van der Waals surface area contributed by atoms with Gasteiger partial charge in [-0.3, -0.25) is 14.0 Å². The Balaban J connectivity index is 1.23. The molecule has 32 heavy (non-hydrogen) atoms. The maximum atomic E-state index is 13.0. The minimum absolute atomic E-state index is 0.000457. The number of nitrogens with one attached hydrogen (secondary N) is 1. The van der Waals surface area contributed by atoms with Crippen LogP contribution in [0.4, 0.5) is 11.5 Å². The van der Waals surface area contributed by atoms with Crippen LogP contribution in [0.25, 0.3) is 5.65 Å². The molecule has 0 spiro atoms. The third-order valence-electron chi connectivity index (χ3n) is 6.61. The first-order valence-corrected chi connectivity index (χ1v) is 11.0. The van der Waals surface area contributed by atoms with Crippen molar-refractivity contribution in [1.29, 1.82) is 0 Å². The summed E-state index contributed by atoms with van der Waals surface area (Å²) in [5.41, 5.74) is 3.92. The van der Waals surface area contributed by atoms with E-state index < -0.39 is 0 Å². The molecule has 2 amide bonds. The van der Waals surface area contributed by atoms with Crippen LogP contribution in [0.3, 0.4) is 0 Å². The van der Waals surface area contributed by atoms with Crippen molar-refractivity contribution in [3.63, 3.8) is 0 Å². The fourth-order valence-electron chi connectivity index (χ4n) is 4.57. The summed E-state index contributed by atoms with van der Waals surface area (Å²) in [7, 11) is 0. The highest BCUT2D eigenvalue weighted by molar-refractivity contribution is 6.00. The second-order valence-corrected chi connectivity index (χ2v) is 8.81. The molecule has 1 N–H and O–H groups in total. The van der Waals surface area contributed by atoms with Crippen LogP contribution >= 0.6 is 0 Å². The Hall–Kier alpha value is -3.49. The van der Waals surface area contributed by atoms with Crippen LogP contribution in [0.5, 0.6) is 0 Å². The lowest BCUT2D eigenvalue weighted by Crippen LogP contribution is -2.41. The number of hydrogen-bond donors (Lipinski definition) is 1. The van der Waals surface area contributed by atoms with Gasteiger partial charge in [0.25, 0.3) is 0 Å².